The highest BCUT2D eigenvalue weighted by Crippen LogP contribution is 2.11. The standard InChI is InChI=1S/C12H21N5O/c1-12(13,10-18)9-16-5-7-17(8-6-16)11-14-3-2-4-15-11/h2-4,18H,5-10,13H2,1H3. The first-order valence-electron chi connectivity index (χ1n) is 6.25. The smallest absolute Gasteiger partial charge is 0.225 e. The molecule has 100 valence electrons. The van der Waals surface area contributed by atoms with Crippen LogP contribution >= 0.6 is 0 Å². The van der Waals surface area contributed by atoms with Crippen molar-refractivity contribution >= 4 is 5.95 Å². The Bertz CT molecular complexity index is 362. The summed E-state index contributed by atoms with van der Waals surface area (Å²) in [6.07, 6.45) is 3.52. The third-order valence-corrected chi connectivity index (χ3v) is 3.15. The Morgan fingerprint density at radius 1 is 1.28 bits per heavy atom. The summed E-state index contributed by atoms with van der Waals surface area (Å²) in [5.74, 6) is 0.787. The van der Waals surface area contributed by atoms with Crippen LogP contribution < -0.4 is 10.6 Å². The summed E-state index contributed by atoms with van der Waals surface area (Å²) in [5.41, 5.74) is 5.44. The number of piperazine rings is 1. The van der Waals surface area contributed by atoms with Crippen LogP contribution in [0.1, 0.15) is 6.92 Å². The van der Waals surface area contributed by atoms with Crippen molar-refractivity contribution in [2.24, 2.45) is 5.73 Å². The molecule has 1 saturated heterocycles. The van der Waals surface area contributed by atoms with Crippen LogP contribution in [0.15, 0.2) is 18.5 Å². The largest absolute Gasteiger partial charge is 0.394 e. The Kier molecular flexibility index (Phi) is 4.11. The van der Waals surface area contributed by atoms with E-state index in [0.717, 1.165) is 32.1 Å². The van der Waals surface area contributed by atoms with Crippen molar-refractivity contribution in [2.75, 3.05) is 44.2 Å². The van der Waals surface area contributed by atoms with E-state index >= 15 is 0 Å². The number of nitrogens with zero attached hydrogens (tertiary/aromatic N) is 4. The molecular weight excluding hydrogens is 230 g/mol. The van der Waals surface area contributed by atoms with Crippen molar-refractivity contribution in [1.29, 1.82) is 0 Å². The Morgan fingerprint density at radius 3 is 2.44 bits per heavy atom. The van der Waals surface area contributed by atoms with Crippen molar-refractivity contribution in [3.63, 3.8) is 0 Å². The lowest BCUT2D eigenvalue weighted by atomic mass is 10.0. The third-order valence-electron chi connectivity index (χ3n) is 3.15. The minimum Gasteiger partial charge on any atom is -0.394 e. The van der Waals surface area contributed by atoms with Gasteiger partial charge in [0, 0.05) is 50.7 Å². The molecule has 0 spiro atoms. The van der Waals surface area contributed by atoms with Crippen LogP contribution in [0, 0.1) is 0 Å². The molecular formula is C12H21N5O. The molecule has 0 aromatic carbocycles. The minimum absolute atomic E-state index is 0.00894. The monoisotopic (exact) mass is 251 g/mol. The van der Waals surface area contributed by atoms with Gasteiger partial charge in [-0.05, 0) is 13.0 Å². The van der Waals surface area contributed by atoms with Crippen molar-refractivity contribution in [1.82, 2.24) is 14.9 Å². The Morgan fingerprint density at radius 2 is 1.89 bits per heavy atom. The van der Waals surface area contributed by atoms with Crippen molar-refractivity contribution in [2.45, 2.75) is 12.5 Å². The quantitative estimate of drug-likeness (QED) is 0.737. The molecule has 3 N–H and O–H groups in total. The Hall–Kier alpha value is -1.24. The average Bonchev–Trinajstić information content (AvgIpc) is 2.40. The molecule has 0 radical (unpaired) electrons. The van der Waals surface area contributed by atoms with E-state index in [4.69, 9.17) is 5.73 Å². The highest BCUT2D eigenvalue weighted by Gasteiger charge is 2.25. The second-order valence-electron chi connectivity index (χ2n) is 5.12. The lowest BCUT2D eigenvalue weighted by Gasteiger charge is -2.38. The van der Waals surface area contributed by atoms with E-state index in [2.05, 4.69) is 19.8 Å². The maximum atomic E-state index is 9.17. The fraction of sp³-hybridized carbons (Fsp3) is 0.667. The molecule has 1 aromatic heterocycles. The summed E-state index contributed by atoms with van der Waals surface area (Å²) in [4.78, 5) is 12.9. The van der Waals surface area contributed by atoms with Crippen LogP contribution in [-0.4, -0.2) is 64.8 Å². The SMILES string of the molecule is CC(N)(CO)CN1CCN(c2ncccn2)CC1. The van der Waals surface area contributed by atoms with Gasteiger partial charge in [-0.15, -0.1) is 0 Å². The van der Waals surface area contributed by atoms with E-state index in [9.17, 15) is 5.11 Å². The molecule has 6 heteroatoms. The van der Waals surface area contributed by atoms with Gasteiger partial charge in [-0.25, -0.2) is 9.97 Å². The fourth-order valence-corrected chi connectivity index (χ4v) is 2.12. The van der Waals surface area contributed by atoms with E-state index in [0.29, 0.717) is 6.54 Å². The third kappa shape index (κ3) is 3.38. The van der Waals surface area contributed by atoms with E-state index in [1.807, 2.05) is 13.0 Å². The Labute approximate surface area is 107 Å². The van der Waals surface area contributed by atoms with Gasteiger partial charge in [0.25, 0.3) is 0 Å². The molecule has 1 fully saturated rings. The highest BCUT2D eigenvalue weighted by molar-refractivity contribution is 5.29. The molecule has 2 heterocycles. The van der Waals surface area contributed by atoms with Crippen LogP contribution in [-0.2, 0) is 0 Å². The lowest BCUT2D eigenvalue weighted by molar-refractivity contribution is 0.143. The summed E-state index contributed by atoms with van der Waals surface area (Å²) >= 11 is 0. The first-order valence-corrected chi connectivity index (χ1v) is 6.25. The maximum Gasteiger partial charge on any atom is 0.225 e. The molecule has 0 amide bonds. The maximum absolute atomic E-state index is 9.17. The number of rotatable bonds is 4. The summed E-state index contributed by atoms with van der Waals surface area (Å²) in [6.45, 7) is 6.23. The highest BCUT2D eigenvalue weighted by atomic mass is 16.3. The summed E-state index contributed by atoms with van der Waals surface area (Å²) in [6, 6.07) is 1.82. The van der Waals surface area contributed by atoms with Gasteiger partial charge >= 0.3 is 0 Å². The van der Waals surface area contributed by atoms with Gasteiger partial charge < -0.3 is 15.7 Å². The van der Waals surface area contributed by atoms with Gasteiger partial charge in [-0.1, -0.05) is 0 Å². The normalized spacial score (nSPS) is 20.7. The van der Waals surface area contributed by atoms with Gasteiger partial charge in [0.05, 0.1) is 6.61 Å². The van der Waals surface area contributed by atoms with Gasteiger partial charge in [-0.2, -0.15) is 0 Å². The molecule has 1 aliphatic rings. The molecule has 1 unspecified atom stereocenters. The van der Waals surface area contributed by atoms with Crippen LogP contribution in [0.25, 0.3) is 0 Å². The summed E-state index contributed by atoms with van der Waals surface area (Å²) < 4.78 is 0. The van der Waals surface area contributed by atoms with Gasteiger partial charge in [0.2, 0.25) is 5.95 Å². The fourth-order valence-electron chi connectivity index (χ4n) is 2.12. The molecule has 1 atom stereocenters. The summed E-state index contributed by atoms with van der Waals surface area (Å²) in [5, 5.41) is 9.17. The molecule has 0 aliphatic carbocycles. The molecule has 1 aliphatic heterocycles. The Balaban J connectivity index is 1.85. The average molecular weight is 251 g/mol. The van der Waals surface area contributed by atoms with Crippen LogP contribution in [0.3, 0.4) is 0 Å². The van der Waals surface area contributed by atoms with E-state index < -0.39 is 5.54 Å². The first kappa shape index (κ1) is 13.2. The number of anilines is 1. The van der Waals surface area contributed by atoms with Crippen molar-refractivity contribution in [3.8, 4) is 0 Å². The van der Waals surface area contributed by atoms with Gasteiger partial charge in [0.1, 0.15) is 0 Å². The number of hydrogen-bond acceptors (Lipinski definition) is 6. The van der Waals surface area contributed by atoms with E-state index in [-0.39, 0.29) is 6.61 Å². The van der Waals surface area contributed by atoms with Crippen LogP contribution in [0.5, 0.6) is 0 Å². The molecule has 2 rings (SSSR count). The van der Waals surface area contributed by atoms with Crippen LogP contribution in [0.2, 0.25) is 0 Å². The zero-order valence-corrected chi connectivity index (χ0v) is 10.8. The number of hydrogen-bond donors (Lipinski definition) is 2. The molecule has 6 nitrogen and oxygen atoms in total. The number of aliphatic hydroxyl groups excluding tert-OH is 1. The van der Waals surface area contributed by atoms with Gasteiger partial charge in [-0.3, -0.25) is 4.90 Å². The predicted molar refractivity (Wildman–Crippen MR) is 70.4 cm³/mol. The van der Waals surface area contributed by atoms with E-state index in [1.165, 1.54) is 0 Å². The minimum atomic E-state index is -0.522. The number of aliphatic hydroxyl groups is 1. The van der Waals surface area contributed by atoms with Crippen molar-refractivity contribution < 1.29 is 5.11 Å². The number of aromatic nitrogens is 2. The lowest BCUT2D eigenvalue weighted by Crippen LogP contribution is -2.55. The molecule has 0 saturated carbocycles. The first-order chi connectivity index (χ1) is 8.61. The predicted octanol–water partition coefficient (Wildman–Crippen LogP) is -0.692. The molecule has 1 aromatic rings. The van der Waals surface area contributed by atoms with Crippen molar-refractivity contribution in [3.05, 3.63) is 18.5 Å². The van der Waals surface area contributed by atoms with Crippen LogP contribution in [0.4, 0.5) is 5.95 Å². The molecule has 0 bridgehead atoms. The summed E-state index contributed by atoms with van der Waals surface area (Å²) in [7, 11) is 0. The second-order valence-corrected chi connectivity index (χ2v) is 5.12. The zero-order valence-electron chi connectivity index (χ0n) is 10.8. The topological polar surface area (TPSA) is 78.5 Å². The van der Waals surface area contributed by atoms with Gasteiger partial charge in [0.15, 0.2) is 0 Å². The molecule has 18 heavy (non-hydrogen) atoms. The second kappa shape index (κ2) is 5.60. The van der Waals surface area contributed by atoms with E-state index in [1.54, 1.807) is 12.4 Å². The number of nitrogens with two attached hydrogens (primary N) is 1. The zero-order chi connectivity index (χ0) is 13.0.